The van der Waals surface area contributed by atoms with E-state index in [1.165, 1.54) is 0 Å². The number of benzene rings is 2. The monoisotopic (exact) mass is 359 g/mol. The second-order valence-electron chi connectivity index (χ2n) is 7.94. The van der Waals surface area contributed by atoms with Gasteiger partial charge in [-0.05, 0) is 65.3 Å². The molecule has 1 amide bonds. The minimum absolute atomic E-state index is 0.0469. The van der Waals surface area contributed by atoms with Crippen molar-refractivity contribution in [2.24, 2.45) is 0 Å². The molecule has 2 aromatic carbocycles. The Hall–Kier alpha value is -1.68. The third-order valence-corrected chi connectivity index (χ3v) is 6.06. The van der Waals surface area contributed by atoms with Crippen LogP contribution in [0.15, 0.2) is 41.3 Å². The molecular formula is C21H29NO2S. The maximum absolute atomic E-state index is 13.5. The number of amides is 1. The van der Waals surface area contributed by atoms with Crippen LogP contribution in [0.2, 0.25) is 0 Å². The van der Waals surface area contributed by atoms with Crippen molar-refractivity contribution >= 4 is 27.5 Å². The first kappa shape index (κ1) is 19.6. The van der Waals surface area contributed by atoms with Gasteiger partial charge < -0.3 is 4.90 Å². The Labute approximate surface area is 153 Å². The van der Waals surface area contributed by atoms with Gasteiger partial charge in [0.05, 0.1) is 21.3 Å². The van der Waals surface area contributed by atoms with Crippen molar-refractivity contribution in [1.29, 1.82) is 0 Å². The lowest BCUT2D eigenvalue weighted by molar-refractivity contribution is 0.0642. The van der Waals surface area contributed by atoms with Gasteiger partial charge in [0.15, 0.2) is 0 Å². The largest absolute Gasteiger partial charge is 0.334 e. The summed E-state index contributed by atoms with van der Waals surface area (Å²) in [5.74, 6) is -0.0469. The van der Waals surface area contributed by atoms with Gasteiger partial charge in [-0.1, -0.05) is 30.3 Å². The molecule has 0 saturated heterocycles. The fraction of sp³-hybridized carbons (Fsp3) is 0.476. The van der Waals surface area contributed by atoms with Crippen LogP contribution in [0.1, 0.15) is 58.8 Å². The highest BCUT2D eigenvalue weighted by Crippen LogP contribution is 2.31. The smallest absolute Gasteiger partial charge is 0.256 e. The lowest BCUT2D eigenvalue weighted by atomic mass is 10.0. The summed E-state index contributed by atoms with van der Waals surface area (Å²) < 4.78 is 12.7. The fourth-order valence-corrected chi connectivity index (χ4v) is 4.38. The van der Waals surface area contributed by atoms with Crippen LogP contribution in [-0.2, 0) is 10.8 Å². The minimum atomic E-state index is -1.28. The molecule has 25 heavy (non-hydrogen) atoms. The van der Waals surface area contributed by atoms with Crippen LogP contribution >= 0.6 is 0 Å². The van der Waals surface area contributed by atoms with Gasteiger partial charge in [0, 0.05) is 16.8 Å². The van der Waals surface area contributed by atoms with Gasteiger partial charge in [0.1, 0.15) is 0 Å². The first-order chi connectivity index (χ1) is 11.6. The van der Waals surface area contributed by atoms with Crippen molar-refractivity contribution in [1.82, 2.24) is 4.90 Å². The van der Waals surface area contributed by atoms with Crippen LogP contribution in [0, 0.1) is 0 Å². The van der Waals surface area contributed by atoms with E-state index >= 15 is 0 Å². The Kier molecular flexibility index (Phi) is 5.72. The number of rotatable bonds is 4. The lowest BCUT2D eigenvalue weighted by Gasteiger charge is -2.32. The highest BCUT2D eigenvalue weighted by atomic mass is 32.2. The van der Waals surface area contributed by atoms with E-state index < -0.39 is 15.5 Å². The van der Waals surface area contributed by atoms with E-state index in [9.17, 15) is 9.00 Å². The molecule has 0 heterocycles. The molecule has 0 aliphatic heterocycles. The summed E-state index contributed by atoms with van der Waals surface area (Å²) in [5.41, 5.74) is 0.578. The normalized spacial score (nSPS) is 13.5. The van der Waals surface area contributed by atoms with Crippen LogP contribution < -0.4 is 0 Å². The molecule has 3 nitrogen and oxygen atoms in total. The van der Waals surface area contributed by atoms with E-state index in [0.29, 0.717) is 10.5 Å². The number of nitrogens with zero attached hydrogens (tertiary/aromatic N) is 1. The molecule has 0 aliphatic rings. The summed E-state index contributed by atoms with van der Waals surface area (Å²) in [4.78, 5) is 16.0. The van der Waals surface area contributed by atoms with Gasteiger partial charge in [-0.2, -0.15) is 0 Å². The van der Waals surface area contributed by atoms with Crippen LogP contribution in [0.4, 0.5) is 0 Å². The summed E-state index contributed by atoms with van der Waals surface area (Å²) in [7, 11) is -1.28. The average Bonchev–Trinajstić information content (AvgIpc) is 2.51. The van der Waals surface area contributed by atoms with Crippen LogP contribution in [0.5, 0.6) is 0 Å². The van der Waals surface area contributed by atoms with Gasteiger partial charge in [-0.15, -0.1) is 0 Å². The van der Waals surface area contributed by atoms with E-state index in [-0.39, 0.29) is 18.0 Å². The Morgan fingerprint density at radius 1 is 0.960 bits per heavy atom. The molecular weight excluding hydrogens is 330 g/mol. The topological polar surface area (TPSA) is 37.4 Å². The zero-order valence-corrected chi connectivity index (χ0v) is 17.1. The highest BCUT2D eigenvalue weighted by Gasteiger charge is 2.30. The Morgan fingerprint density at radius 3 is 2.04 bits per heavy atom. The first-order valence-electron chi connectivity index (χ1n) is 8.82. The Morgan fingerprint density at radius 2 is 1.52 bits per heavy atom. The van der Waals surface area contributed by atoms with Gasteiger partial charge in [0.2, 0.25) is 0 Å². The number of hydrogen-bond acceptors (Lipinski definition) is 2. The predicted octanol–water partition coefficient (Wildman–Crippen LogP) is 5.00. The molecule has 136 valence electrons. The maximum atomic E-state index is 13.5. The molecule has 2 aromatic rings. The summed E-state index contributed by atoms with van der Waals surface area (Å²) in [5, 5.41) is 1.86. The maximum Gasteiger partial charge on any atom is 0.256 e. The van der Waals surface area contributed by atoms with Crippen LogP contribution in [0.25, 0.3) is 10.8 Å². The molecule has 1 unspecified atom stereocenters. The second kappa shape index (κ2) is 7.28. The summed E-state index contributed by atoms with van der Waals surface area (Å²) >= 11 is 0. The van der Waals surface area contributed by atoms with Gasteiger partial charge in [0.25, 0.3) is 5.91 Å². The SMILES string of the molecule is CC(C)N(C(=O)c1c(S(=O)C(C)(C)C)ccc2ccccc12)C(C)C. The number of carbonyl (C=O) groups excluding carboxylic acids is 1. The zero-order valence-electron chi connectivity index (χ0n) is 16.3. The molecule has 0 fully saturated rings. The van der Waals surface area contributed by atoms with Crippen molar-refractivity contribution in [2.75, 3.05) is 0 Å². The predicted molar refractivity (Wildman–Crippen MR) is 107 cm³/mol. The van der Waals surface area contributed by atoms with Crippen LogP contribution in [0.3, 0.4) is 0 Å². The molecule has 1 atom stereocenters. The second-order valence-corrected chi connectivity index (χ2v) is 10.1. The third-order valence-electron chi connectivity index (χ3n) is 4.21. The van der Waals surface area contributed by atoms with Gasteiger partial charge in [-0.3, -0.25) is 9.00 Å². The quantitative estimate of drug-likeness (QED) is 0.770. The molecule has 0 aromatic heterocycles. The Balaban J connectivity index is 2.78. The van der Waals surface area contributed by atoms with E-state index in [0.717, 1.165) is 10.8 Å². The van der Waals surface area contributed by atoms with E-state index in [4.69, 9.17) is 0 Å². The molecule has 0 spiro atoms. The van der Waals surface area contributed by atoms with Gasteiger partial charge >= 0.3 is 0 Å². The third kappa shape index (κ3) is 3.95. The lowest BCUT2D eigenvalue weighted by Crippen LogP contribution is -2.42. The van der Waals surface area contributed by atoms with Crippen molar-refractivity contribution in [3.8, 4) is 0 Å². The van der Waals surface area contributed by atoms with Crippen molar-refractivity contribution in [3.63, 3.8) is 0 Å². The minimum Gasteiger partial charge on any atom is -0.334 e. The average molecular weight is 360 g/mol. The number of carbonyl (C=O) groups is 1. The Bertz CT molecular complexity index is 795. The van der Waals surface area contributed by atoms with Crippen molar-refractivity contribution in [2.45, 2.75) is 70.2 Å². The highest BCUT2D eigenvalue weighted by molar-refractivity contribution is 7.86. The van der Waals surface area contributed by atoms with E-state index in [1.54, 1.807) is 0 Å². The molecule has 4 heteroatoms. The van der Waals surface area contributed by atoms with Crippen LogP contribution in [-0.4, -0.2) is 31.8 Å². The summed E-state index contributed by atoms with van der Waals surface area (Å²) in [6.45, 7) is 13.9. The van der Waals surface area contributed by atoms with Crippen molar-refractivity contribution < 1.29 is 9.00 Å². The molecule has 0 aliphatic carbocycles. The summed E-state index contributed by atoms with van der Waals surface area (Å²) in [6.07, 6.45) is 0. The molecule has 0 saturated carbocycles. The molecule has 0 N–H and O–H groups in total. The molecule has 2 rings (SSSR count). The fourth-order valence-electron chi connectivity index (χ4n) is 3.15. The molecule has 0 bridgehead atoms. The standard InChI is InChI=1S/C21H29NO2S/c1-14(2)22(15(3)4)20(23)19-17-11-9-8-10-16(17)12-13-18(19)25(24)21(5,6)7/h8-15H,1-7H3. The summed E-state index contributed by atoms with van der Waals surface area (Å²) in [6, 6.07) is 11.8. The van der Waals surface area contributed by atoms with Crippen molar-refractivity contribution in [3.05, 3.63) is 42.0 Å². The number of hydrogen-bond donors (Lipinski definition) is 0. The van der Waals surface area contributed by atoms with E-state index in [1.807, 2.05) is 89.8 Å². The zero-order chi connectivity index (χ0) is 18.9. The van der Waals surface area contributed by atoms with E-state index in [2.05, 4.69) is 0 Å². The number of fused-ring (bicyclic) bond motifs is 1. The molecule has 0 radical (unpaired) electrons. The first-order valence-corrected chi connectivity index (χ1v) is 9.97. The van der Waals surface area contributed by atoms with Gasteiger partial charge in [-0.25, -0.2) is 0 Å².